The van der Waals surface area contributed by atoms with E-state index in [4.69, 9.17) is 9.47 Å². The van der Waals surface area contributed by atoms with E-state index in [1.807, 2.05) is 0 Å². The lowest BCUT2D eigenvalue weighted by Crippen LogP contribution is -2.37. The molecule has 2 heterocycles. The number of rotatable bonds is 2. The molecule has 0 radical (unpaired) electrons. The van der Waals surface area contributed by atoms with E-state index >= 15 is 0 Å². The zero-order chi connectivity index (χ0) is 15.1. The minimum Gasteiger partial charge on any atom is -0.490 e. The van der Waals surface area contributed by atoms with Gasteiger partial charge in [0.15, 0.2) is 11.6 Å². The van der Waals surface area contributed by atoms with Gasteiger partial charge in [0.05, 0.1) is 18.2 Å². The smallest absolute Gasteiger partial charge is 0.261 e. The summed E-state index contributed by atoms with van der Waals surface area (Å²) in [6, 6.07) is 2.51. The summed E-state index contributed by atoms with van der Waals surface area (Å²) in [6.45, 7) is 4.07. The van der Waals surface area contributed by atoms with Gasteiger partial charge in [0.2, 0.25) is 0 Å². The number of ether oxygens (including phenoxy) is 2. The summed E-state index contributed by atoms with van der Waals surface area (Å²) >= 11 is 0. The quantitative estimate of drug-likeness (QED) is 0.900. The molecule has 1 saturated heterocycles. The van der Waals surface area contributed by atoms with Crippen LogP contribution in [0.15, 0.2) is 12.1 Å². The summed E-state index contributed by atoms with van der Waals surface area (Å²) in [4.78, 5) is 14.3. The van der Waals surface area contributed by atoms with Crippen molar-refractivity contribution in [2.45, 2.75) is 38.5 Å². The van der Waals surface area contributed by atoms with E-state index in [-0.39, 0.29) is 35.9 Å². The summed E-state index contributed by atoms with van der Waals surface area (Å²) in [7, 11) is 0. The molecule has 1 amide bonds. The van der Waals surface area contributed by atoms with Crippen LogP contribution >= 0.6 is 0 Å². The van der Waals surface area contributed by atoms with Crippen molar-refractivity contribution in [1.82, 2.24) is 4.90 Å². The molecule has 5 nitrogen and oxygen atoms in total. The van der Waals surface area contributed by atoms with E-state index < -0.39 is 11.9 Å². The van der Waals surface area contributed by atoms with Crippen LogP contribution in [0.5, 0.6) is 11.5 Å². The predicted molar refractivity (Wildman–Crippen MR) is 73.1 cm³/mol. The first-order valence-corrected chi connectivity index (χ1v) is 7.08. The average molecular weight is 295 g/mol. The van der Waals surface area contributed by atoms with Crippen molar-refractivity contribution in [3.05, 3.63) is 23.5 Å². The van der Waals surface area contributed by atoms with Crippen LogP contribution in [-0.4, -0.2) is 47.3 Å². The third-order valence-electron chi connectivity index (χ3n) is 3.72. The number of aliphatic hydroxyl groups excluding tert-OH is 1. The molecule has 1 aromatic rings. The van der Waals surface area contributed by atoms with E-state index in [2.05, 4.69) is 0 Å². The fourth-order valence-electron chi connectivity index (χ4n) is 2.84. The first-order valence-electron chi connectivity index (χ1n) is 7.08. The molecule has 1 fully saturated rings. The van der Waals surface area contributed by atoms with Gasteiger partial charge in [-0.1, -0.05) is 0 Å². The van der Waals surface area contributed by atoms with Crippen LogP contribution < -0.4 is 9.47 Å². The maximum absolute atomic E-state index is 14.1. The standard InChI is InChI=1S/C15H18FNO4/c1-8(2)21-14-11(16)3-4-12-13(14)15(19)17-6-10(18)5-9(17)7-20-12/h3-4,8-10,18H,5-7H2,1-2H3/t9-,10+/m1/s1. The third-order valence-corrected chi connectivity index (χ3v) is 3.72. The number of hydrogen-bond acceptors (Lipinski definition) is 4. The molecular weight excluding hydrogens is 277 g/mol. The highest BCUT2D eigenvalue weighted by Crippen LogP contribution is 2.37. The number of fused-ring (bicyclic) bond motifs is 2. The van der Waals surface area contributed by atoms with Crippen molar-refractivity contribution >= 4 is 5.91 Å². The predicted octanol–water partition coefficient (Wildman–Crippen LogP) is 1.58. The lowest BCUT2D eigenvalue weighted by Gasteiger charge is -2.21. The maximum Gasteiger partial charge on any atom is 0.261 e. The highest BCUT2D eigenvalue weighted by atomic mass is 19.1. The van der Waals surface area contributed by atoms with Gasteiger partial charge in [0, 0.05) is 6.54 Å². The Hall–Kier alpha value is -1.82. The molecule has 1 N–H and O–H groups in total. The number of carbonyl (C=O) groups excluding carboxylic acids is 1. The highest BCUT2D eigenvalue weighted by Gasteiger charge is 2.40. The second kappa shape index (κ2) is 5.18. The summed E-state index contributed by atoms with van der Waals surface area (Å²) in [5, 5.41) is 9.73. The number of amides is 1. The Morgan fingerprint density at radius 1 is 1.48 bits per heavy atom. The zero-order valence-corrected chi connectivity index (χ0v) is 12.0. The second-order valence-electron chi connectivity index (χ2n) is 5.73. The summed E-state index contributed by atoms with van der Waals surface area (Å²) in [5.74, 6) is -0.674. The Bertz CT molecular complexity index is 575. The minimum atomic E-state index is -0.586. The van der Waals surface area contributed by atoms with Gasteiger partial charge >= 0.3 is 0 Å². The van der Waals surface area contributed by atoms with E-state index in [0.29, 0.717) is 18.8 Å². The zero-order valence-electron chi connectivity index (χ0n) is 12.0. The Balaban J connectivity index is 2.06. The minimum absolute atomic E-state index is 0.0745. The number of nitrogens with zero attached hydrogens (tertiary/aromatic N) is 1. The molecule has 0 spiro atoms. The summed E-state index contributed by atoms with van der Waals surface area (Å²) in [5.41, 5.74) is 0.111. The molecule has 114 valence electrons. The molecule has 0 aliphatic carbocycles. The fourth-order valence-corrected chi connectivity index (χ4v) is 2.84. The van der Waals surface area contributed by atoms with Crippen LogP contribution in [0, 0.1) is 5.82 Å². The van der Waals surface area contributed by atoms with Gasteiger partial charge in [-0.2, -0.15) is 0 Å². The number of carbonyl (C=O) groups is 1. The van der Waals surface area contributed by atoms with Crippen LogP contribution in [0.2, 0.25) is 0 Å². The topological polar surface area (TPSA) is 59.0 Å². The molecule has 21 heavy (non-hydrogen) atoms. The van der Waals surface area contributed by atoms with Crippen LogP contribution in [0.4, 0.5) is 4.39 Å². The molecule has 0 aromatic heterocycles. The van der Waals surface area contributed by atoms with Crippen LogP contribution in [0.1, 0.15) is 30.6 Å². The van der Waals surface area contributed by atoms with Crippen molar-refractivity contribution in [1.29, 1.82) is 0 Å². The first kappa shape index (κ1) is 14.1. The van der Waals surface area contributed by atoms with Gasteiger partial charge in [-0.05, 0) is 32.4 Å². The van der Waals surface area contributed by atoms with Crippen molar-refractivity contribution in [3.8, 4) is 11.5 Å². The second-order valence-corrected chi connectivity index (χ2v) is 5.73. The number of hydrogen-bond donors (Lipinski definition) is 1. The van der Waals surface area contributed by atoms with Gasteiger partial charge in [0.25, 0.3) is 5.91 Å². The molecule has 1 aromatic carbocycles. The molecule has 3 rings (SSSR count). The number of halogens is 1. The third kappa shape index (κ3) is 2.44. The maximum atomic E-state index is 14.1. The fraction of sp³-hybridized carbons (Fsp3) is 0.533. The molecule has 6 heteroatoms. The number of aliphatic hydroxyl groups is 1. The van der Waals surface area contributed by atoms with E-state index in [1.165, 1.54) is 12.1 Å². The van der Waals surface area contributed by atoms with Gasteiger partial charge in [-0.3, -0.25) is 4.79 Å². The van der Waals surface area contributed by atoms with E-state index in [9.17, 15) is 14.3 Å². The van der Waals surface area contributed by atoms with Crippen molar-refractivity contribution < 1.29 is 23.8 Å². The Morgan fingerprint density at radius 2 is 2.24 bits per heavy atom. The normalized spacial score (nSPS) is 24.4. The summed E-state index contributed by atoms with van der Waals surface area (Å²) in [6.07, 6.45) is -0.350. The Labute approximate surface area is 122 Å². The molecule has 2 atom stereocenters. The largest absolute Gasteiger partial charge is 0.490 e. The van der Waals surface area contributed by atoms with Gasteiger partial charge < -0.3 is 19.5 Å². The van der Waals surface area contributed by atoms with Crippen molar-refractivity contribution in [3.63, 3.8) is 0 Å². The lowest BCUT2D eigenvalue weighted by molar-refractivity contribution is 0.0704. The summed E-state index contributed by atoms with van der Waals surface area (Å²) < 4.78 is 25.2. The SMILES string of the molecule is CC(C)Oc1c(F)ccc2c1C(=O)N1C[C@@H](O)C[C@@H]1CO2. The monoisotopic (exact) mass is 295 g/mol. The highest BCUT2D eigenvalue weighted by molar-refractivity contribution is 6.00. The van der Waals surface area contributed by atoms with Gasteiger partial charge in [-0.25, -0.2) is 4.39 Å². The molecule has 2 aliphatic heterocycles. The molecular formula is C15H18FNO4. The molecule has 0 bridgehead atoms. The van der Waals surface area contributed by atoms with Gasteiger partial charge in [-0.15, -0.1) is 0 Å². The first-order chi connectivity index (χ1) is 9.97. The van der Waals surface area contributed by atoms with E-state index in [1.54, 1.807) is 18.7 Å². The van der Waals surface area contributed by atoms with Crippen LogP contribution in [-0.2, 0) is 0 Å². The van der Waals surface area contributed by atoms with E-state index in [0.717, 1.165) is 0 Å². The van der Waals surface area contributed by atoms with Gasteiger partial charge in [0.1, 0.15) is 17.9 Å². The molecule has 2 aliphatic rings. The van der Waals surface area contributed by atoms with Crippen LogP contribution in [0.3, 0.4) is 0 Å². The Morgan fingerprint density at radius 3 is 2.95 bits per heavy atom. The molecule has 0 unspecified atom stereocenters. The van der Waals surface area contributed by atoms with Crippen molar-refractivity contribution in [2.24, 2.45) is 0 Å². The Kier molecular flexibility index (Phi) is 3.49. The molecule has 0 saturated carbocycles. The number of benzene rings is 1. The van der Waals surface area contributed by atoms with Crippen LogP contribution in [0.25, 0.3) is 0 Å². The van der Waals surface area contributed by atoms with Crippen molar-refractivity contribution in [2.75, 3.05) is 13.2 Å². The average Bonchev–Trinajstić information content (AvgIpc) is 2.73. The lowest BCUT2D eigenvalue weighted by atomic mass is 10.1.